The zero-order chi connectivity index (χ0) is 20.5. The van der Waals surface area contributed by atoms with Crippen molar-refractivity contribution < 1.29 is 67.1 Å². The van der Waals surface area contributed by atoms with Crippen LogP contribution in [-0.4, -0.2) is 123 Å². The second kappa shape index (κ2) is 8.87. The Morgan fingerprint density at radius 1 is 0.778 bits per heavy atom. The van der Waals surface area contributed by atoms with Crippen LogP contribution in [0, 0.1) is 0 Å². The zero-order valence-electron chi connectivity index (χ0n) is 13.6. The number of aliphatic hydroxyl groups excluding tert-OH is 7. The first-order chi connectivity index (χ1) is 12.5. The molecule has 2 aliphatic rings. The minimum absolute atomic E-state index is 0.776. The predicted octanol–water partition coefficient (Wildman–Crippen LogP) is -5.57. The van der Waals surface area contributed by atoms with E-state index in [1.807, 2.05) is 0 Å². The van der Waals surface area contributed by atoms with Gasteiger partial charge in [0.1, 0.15) is 48.8 Å². The molecule has 0 bridgehead atoms. The topological polar surface area (TPSA) is 233 Å². The molecule has 2 aliphatic heterocycles. The van der Waals surface area contributed by atoms with Crippen LogP contribution in [0.15, 0.2) is 0 Å². The largest absolute Gasteiger partial charge is 0.397 e. The van der Waals surface area contributed by atoms with Crippen LogP contribution in [0.1, 0.15) is 0 Å². The molecule has 0 saturated carbocycles. The molecule has 2 rings (SSSR count). The molecule has 0 radical (unpaired) electrons. The Balaban J connectivity index is 2.27. The van der Waals surface area contributed by atoms with Crippen molar-refractivity contribution in [3.63, 3.8) is 0 Å². The third-order valence-corrected chi connectivity index (χ3v) is 4.65. The highest BCUT2D eigenvalue weighted by atomic mass is 32.3. The van der Waals surface area contributed by atoms with E-state index in [-0.39, 0.29) is 0 Å². The molecule has 0 amide bonds. The van der Waals surface area contributed by atoms with Gasteiger partial charge in [0.25, 0.3) is 0 Å². The summed E-state index contributed by atoms with van der Waals surface area (Å²) in [4.78, 5) is 0. The molecule has 160 valence electrons. The highest BCUT2D eigenvalue weighted by Crippen LogP contribution is 2.30. The first-order valence-electron chi connectivity index (χ1n) is 7.74. The molecule has 10 atom stereocenters. The molecule has 0 aromatic carbocycles. The second-order valence-corrected chi connectivity index (χ2v) is 7.07. The maximum Gasteiger partial charge on any atom is 0.397 e. The molecule has 27 heavy (non-hydrogen) atoms. The van der Waals surface area contributed by atoms with Gasteiger partial charge in [0.2, 0.25) is 0 Å². The maximum absolute atomic E-state index is 11.0. The Morgan fingerprint density at radius 3 is 1.89 bits per heavy atom. The molecule has 2 heterocycles. The fraction of sp³-hybridized carbons (Fsp3) is 1.00. The van der Waals surface area contributed by atoms with Crippen LogP contribution in [0.3, 0.4) is 0 Å². The molecular weight excluding hydrogens is 400 g/mol. The molecule has 0 spiro atoms. The fourth-order valence-corrected chi connectivity index (χ4v) is 3.31. The van der Waals surface area contributed by atoms with E-state index in [1.165, 1.54) is 0 Å². The lowest BCUT2D eigenvalue weighted by atomic mass is 9.97. The molecule has 0 aliphatic carbocycles. The van der Waals surface area contributed by atoms with Gasteiger partial charge < -0.3 is 50.0 Å². The summed E-state index contributed by atoms with van der Waals surface area (Å²) in [5, 5.41) is 67.5. The molecule has 1 unspecified atom stereocenters. The van der Waals surface area contributed by atoms with E-state index in [0.717, 1.165) is 0 Å². The monoisotopic (exact) mass is 422 g/mol. The van der Waals surface area contributed by atoms with Crippen molar-refractivity contribution >= 4 is 10.4 Å². The SMILES string of the molecule is O=S(=O)(O)O[C@H]1[C@H](O[C@@H]2O[C@H](CO)[C@H](O)[C@H](O)[C@H]2O)[C@@H](CO)OC(O)[C@@H]1O. The van der Waals surface area contributed by atoms with Crippen molar-refractivity contribution in [2.45, 2.75) is 61.4 Å². The van der Waals surface area contributed by atoms with Crippen molar-refractivity contribution in [3.05, 3.63) is 0 Å². The van der Waals surface area contributed by atoms with E-state index < -0.39 is 85.0 Å². The molecular formula is C12H22O14S. The van der Waals surface area contributed by atoms with Crippen LogP contribution < -0.4 is 0 Å². The van der Waals surface area contributed by atoms with E-state index in [1.54, 1.807) is 0 Å². The summed E-state index contributed by atoms with van der Waals surface area (Å²) in [5.74, 6) is 0. The van der Waals surface area contributed by atoms with E-state index in [4.69, 9.17) is 23.9 Å². The summed E-state index contributed by atoms with van der Waals surface area (Å²) in [6.07, 6.45) is -17.9. The van der Waals surface area contributed by atoms with Crippen molar-refractivity contribution in [1.82, 2.24) is 0 Å². The summed E-state index contributed by atoms with van der Waals surface area (Å²) in [5.41, 5.74) is 0. The van der Waals surface area contributed by atoms with Gasteiger partial charge >= 0.3 is 10.4 Å². The lowest BCUT2D eigenvalue weighted by molar-refractivity contribution is -0.352. The highest BCUT2D eigenvalue weighted by molar-refractivity contribution is 7.80. The van der Waals surface area contributed by atoms with Gasteiger partial charge in [0.05, 0.1) is 13.2 Å². The van der Waals surface area contributed by atoms with Crippen molar-refractivity contribution in [3.8, 4) is 0 Å². The van der Waals surface area contributed by atoms with Crippen molar-refractivity contribution in [1.29, 1.82) is 0 Å². The van der Waals surface area contributed by atoms with Crippen LogP contribution in [0.25, 0.3) is 0 Å². The van der Waals surface area contributed by atoms with Crippen molar-refractivity contribution in [2.75, 3.05) is 13.2 Å². The fourth-order valence-electron chi connectivity index (χ4n) is 2.80. The summed E-state index contributed by atoms with van der Waals surface area (Å²) in [7, 11) is -5.15. The molecule has 15 heteroatoms. The standard InChI is InChI=1S/C12H22O14S/c13-1-3-5(15)6(16)7(17)12(24-3)25-9-4(2-14)23-11(19)8(18)10(9)26-27(20,21)22/h3-19H,1-2H2,(H,20,21,22)/t3-,4-,5+,6+,7-,8-,9-,10-,11?,12+/m1/s1. The summed E-state index contributed by atoms with van der Waals surface area (Å²) < 4.78 is 50.4. The van der Waals surface area contributed by atoms with Gasteiger partial charge in [-0.15, -0.1) is 0 Å². The van der Waals surface area contributed by atoms with Crippen LogP contribution in [-0.2, 0) is 28.8 Å². The van der Waals surface area contributed by atoms with Gasteiger partial charge in [-0.05, 0) is 0 Å². The Kier molecular flexibility index (Phi) is 7.47. The highest BCUT2D eigenvalue weighted by Gasteiger charge is 2.52. The van der Waals surface area contributed by atoms with Gasteiger partial charge in [-0.3, -0.25) is 4.55 Å². The molecule has 0 aromatic rings. The Morgan fingerprint density at radius 2 is 1.37 bits per heavy atom. The molecule has 2 fully saturated rings. The Labute approximate surface area is 153 Å². The average molecular weight is 422 g/mol. The average Bonchev–Trinajstić information content (AvgIpc) is 2.60. The first-order valence-corrected chi connectivity index (χ1v) is 9.10. The number of rotatable bonds is 6. The number of ether oxygens (including phenoxy) is 3. The minimum atomic E-state index is -5.15. The van der Waals surface area contributed by atoms with E-state index in [9.17, 15) is 39.1 Å². The molecule has 2 saturated heterocycles. The van der Waals surface area contributed by atoms with Gasteiger partial charge in [0, 0.05) is 0 Å². The zero-order valence-corrected chi connectivity index (χ0v) is 14.4. The molecule has 8 N–H and O–H groups in total. The summed E-state index contributed by atoms with van der Waals surface area (Å²) >= 11 is 0. The van der Waals surface area contributed by atoms with Crippen molar-refractivity contribution in [2.24, 2.45) is 0 Å². The Hall–Kier alpha value is -0.530. The summed E-state index contributed by atoms with van der Waals surface area (Å²) in [6, 6.07) is 0. The predicted molar refractivity (Wildman–Crippen MR) is 79.0 cm³/mol. The maximum atomic E-state index is 11.0. The van der Waals surface area contributed by atoms with Crippen LogP contribution in [0.5, 0.6) is 0 Å². The van der Waals surface area contributed by atoms with E-state index in [0.29, 0.717) is 0 Å². The lowest BCUT2D eigenvalue weighted by Gasteiger charge is -2.45. The molecule has 0 aromatic heterocycles. The van der Waals surface area contributed by atoms with E-state index in [2.05, 4.69) is 4.18 Å². The quantitative estimate of drug-likeness (QED) is 0.186. The van der Waals surface area contributed by atoms with Gasteiger partial charge in [-0.1, -0.05) is 0 Å². The van der Waals surface area contributed by atoms with E-state index >= 15 is 0 Å². The lowest BCUT2D eigenvalue weighted by Crippen LogP contribution is -2.65. The number of hydrogen-bond donors (Lipinski definition) is 8. The molecule has 14 nitrogen and oxygen atoms in total. The number of aliphatic hydroxyl groups is 7. The van der Waals surface area contributed by atoms with Crippen LogP contribution in [0.2, 0.25) is 0 Å². The van der Waals surface area contributed by atoms with Crippen LogP contribution in [0.4, 0.5) is 0 Å². The Bertz CT molecular complexity index is 583. The third kappa shape index (κ3) is 5.10. The van der Waals surface area contributed by atoms with Gasteiger partial charge in [-0.25, -0.2) is 4.18 Å². The third-order valence-electron chi connectivity index (χ3n) is 4.19. The second-order valence-electron chi connectivity index (χ2n) is 6.02. The first kappa shape index (κ1) is 22.8. The minimum Gasteiger partial charge on any atom is -0.394 e. The smallest absolute Gasteiger partial charge is 0.394 e. The number of hydrogen-bond acceptors (Lipinski definition) is 13. The van der Waals surface area contributed by atoms with Gasteiger partial charge in [-0.2, -0.15) is 8.42 Å². The van der Waals surface area contributed by atoms with Gasteiger partial charge in [0.15, 0.2) is 12.6 Å². The van der Waals surface area contributed by atoms with Crippen LogP contribution >= 0.6 is 0 Å². The summed E-state index contributed by atoms with van der Waals surface area (Å²) in [6.45, 7) is -1.65. The normalized spacial score (nSPS) is 46.4.